The Morgan fingerprint density at radius 2 is 1.76 bits per heavy atom. The standard InChI is InChI=1S/C15H15BrN2O2S/c1-11-3-6-14(7-4-11)21(19,20)18-17-10-13-5-8-15(16)12(2)9-13/h3-10,18H,1-2H3. The lowest BCUT2D eigenvalue weighted by atomic mass is 10.2. The monoisotopic (exact) mass is 366 g/mol. The molecule has 0 saturated heterocycles. The molecule has 0 aliphatic rings. The molecule has 0 saturated carbocycles. The van der Waals surface area contributed by atoms with Gasteiger partial charge in [-0.25, -0.2) is 4.83 Å². The number of rotatable bonds is 4. The average molecular weight is 367 g/mol. The van der Waals surface area contributed by atoms with E-state index in [9.17, 15) is 8.42 Å². The topological polar surface area (TPSA) is 58.5 Å². The van der Waals surface area contributed by atoms with Crippen molar-refractivity contribution >= 4 is 32.2 Å². The van der Waals surface area contributed by atoms with Crippen molar-refractivity contribution < 1.29 is 8.42 Å². The molecule has 0 fully saturated rings. The number of hydrogen-bond donors (Lipinski definition) is 1. The summed E-state index contributed by atoms with van der Waals surface area (Å²) in [7, 11) is -3.62. The Morgan fingerprint density at radius 1 is 1.10 bits per heavy atom. The van der Waals surface area contributed by atoms with Gasteiger partial charge in [0.05, 0.1) is 11.1 Å². The summed E-state index contributed by atoms with van der Waals surface area (Å²) in [4.78, 5) is 2.40. The van der Waals surface area contributed by atoms with Gasteiger partial charge in [-0.3, -0.25) is 0 Å². The molecule has 2 aromatic rings. The van der Waals surface area contributed by atoms with Gasteiger partial charge in [-0.1, -0.05) is 39.7 Å². The van der Waals surface area contributed by atoms with E-state index >= 15 is 0 Å². The zero-order chi connectivity index (χ0) is 15.5. The van der Waals surface area contributed by atoms with Crippen LogP contribution in [0.4, 0.5) is 0 Å². The van der Waals surface area contributed by atoms with Gasteiger partial charge < -0.3 is 0 Å². The van der Waals surface area contributed by atoms with Gasteiger partial charge in [0.1, 0.15) is 0 Å². The van der Waals surface area contributed by atoms with Crippen LogP contribution in [0.15, 0.2) is 56.9 Å². The summed E-state index contributed by atoms with van der Waals surface area (Å²) < 4.78 is 25.0. The number of hydrazone groups is 1. The molecule has 0 aliphatic heterocycles. The Kier molecular flexibility index (Phi) is 4.80. The third kappa shape index (κ3) is 4.15. The number of nitrogens with one attached hydrogen (secondary N) is 1. The first-order valence-electron chi connectivity index (χ1n) is 6.26. The zero-order valence-corrected chi connectivity index (χ0v) is 14.1. The maximum Gasteiger partial charge on any atom is 0.276 e. The fraction of sp³-hybridized carbons (Fsp3) is 0.133. The average Bonchev–Trinajstić information content (AvgIpc) is 2.43. The molecule has 0 aliphatic carbocycles. The van der Waals surface area contributed by atoms with Crippen molar-refractivity contribution in [2.75, 3.05) is 0 Å². The maximum atomic E-state index is 12.0. The molecule has 0 heterocycles. The molecular weight excluding hydrogens is 352 g/mol. The van der Waals surface area contributed by atoms with Crippen LogP contribution in [-0.2, 0) is 10.0 Å². The summed E-state index contributed by atoms with van der Waals surface area (Å²) in [6.45, 7) is 3.86. The number of halogens is 1. The molecular formula is C15H15BrN2O2S. The summed E-state index contributed by atoms with van der Waals surface area (Å²) in [6.07, 6.45) is 1.48. The quantitative estimate of drug-likeness (QED) is 0.665. The highest BCUT2D eigenvalue weighted by atomic mass is 79.9. The first-order chi connectivity index (χ1) is 9.88. The van der Waals surface area contributed by atoms with E-state index in [1.165, 1.54) is 6.21 Å². The van der Waals surface area contributed by atoms with Gasteiger partial charge in [0, 0.05) is 4.47 Å². The number of hydrogen-bond acceptors (Lipinski definition) is 3. The van der Waals surface area contributed by atoms with E-state index in [1.807, 2.05) is 32.0 Å². The fourth-order valence-corrected chi connectivity index (χ4v) is 2.73. The normalized spacial score (nSPS) is 11.8. The van der Waals surface area contributed by atoms with Crippen molar-refractivity contribution in [1.82, 2.24) is 4.83 Å². The number of nitrogens with zero attached hydrogens (tertiary/aromatic N) is 1. The van der Waals surface area contributed by atoms with Crippen LogP contribution in [0.5, 0.6) is 0 Å². The van der Waals surface area contributed by atoms with E-state index in [0.717, 1.165) is 21.2 Å². The van der Waals surface area contributed by atoms with Crippen molar-refractivity contribution in [1.29, 1.82) is 0 Å². The Morgan fingerprint density at radius 3 is 2.38 bits per heavy atom. The molecule has 2 rings (SSSR count). The van der Waals surface area contributed by atoms with Crippen LogP contribution in [0, 0.1) is 13.8 Å². The summed E-state index contributed by atoms with van der Waals surface area (Å²) in [5, 5.41) is 3.80. The molecule has 0 radical (unpaired) electrons. The summed E-state index contributed by atoms with van der Waals surface area (Å²) in [5.74, 6) is 0. The van der Waals surface area contributed by atoms with Gasteiger partial charge in [-0.05, 0) is 49.2 Å². The Balaban J connectivity index is 2.12. The van der Waals surface area contributed by atoms with Crippen molar-refractivity contribution in [3.63, 3.8) is 0 Å². The first-order valence-corrected chi connectivity index (χ1v) is 8.54. The van der Waals surface area contributed by atoms with E-state index in [4.69, 9.17) is 0 Å². The van der Waals surface area contributed by atoms with E-state index in [-0.39, 0.29) is 4.90 Å². The van der Waals surface area contributed by atoms with Crippen LogP contribution in [-0.4, -0.2) is 14.6 Å². The molecule has 0 bridgehead atoms. The predicted molar refractivity (Wildman–Crippen MR) is 88.0 cm³/mol. The molecule has 0 aromatic heterocycles. The Labute approximate surface area is 133 Å². The van der Waals surface area contributed by atoms with Crippen molar-refractivity contribution in [2.45, 2.75) is 18.7 Å². The third-order valence-corrected chi connectivity index (χ3v) is 5.03. The second-order valence-corrected chi connectivity index (χ2v) is 7.19. The number of sulfonamides is 1. The molecule has 4 nitrogen and oxygen atoms in total. The second-order valence-electron chi connectivity index (χ2n) is 4.67. The molecule has 0 spiro atoms. The van der Waals surface area contributed by atoms with Crippen LogP contribution in [0.25, 0.3) is 0 Å². The minimum Gasteiger partial charge on any atom is -0.200 e. The smallest absolute Gasteiger partial charge is 0.200 e. The molecule has 0 atom stereocenters. The minimum absolute atomic E-state index is 0.192. The second kappa shape index (κ2) is 6.41. The Hall–Kier alpha value is -1.66. The summed E-state index contributed by atoms with van der Waals surface area (Å²) in [6, 6.07) is 12.3. The van der Waals surface area contributed by atoms with Gasteiger partial charge >= 0.3 is 0 Å². The number of benzene rings is 2. The zero-order valence-electron chi connectivity index (χ0n) is 11.7. The number of aryl methyl sites for hydroxylation is 2. The van der Waals surface area contributed by atoms with Gasteiger partial charge in [-0.15, -0.1) is 0 Å². The van der Waals surface area contributed by atoms with Gasteiger partial charge in [0.15, 0.2) is 0 Å². The highest BCUT2D eigenvalue weighted by Crippen LogP contribution is 2.16. The first kappa shape index (κ1) is 15.7. The Bertz CT molecular complexity index is 769. The van der Waals surface area contributed by atoms with Crippen molar-refractivity contribution in [2.24, 2.45) is 5.10 Å². The molecule has 0 unspecified atom stereocenters. The maximum absolute atomic E-state index is 12.0. The summed E-state index contributed by atoms with van der Waals surface area (Å²) >= 11 is 3.41. The molecule has 21 heavy (non-hydrogen) atoms. The highest BCUT2D eigenvalue weighted by Gasteiger charge is 2.11. The van der Waals surface area contributed by atoms with Gasteiger partial charge in [0.2, 0.25) is 0 Å². The van der Waals surface area contributed by atoms with Crippen molar-refractivity contribution in [3.05, 3.63) is 63.6 Å². The van der Waals surface area contributed by atoms with E-state index in [1.54, 1.807) is 24.3 Å². The fourth-order valence-electron chi connectivity index (χ4n) is 1.69. The van der Waals surface area contributed by atoms with Gasteiger partial charge in [-0.2, -0.15) is 13.5 Å². The largest absolute Gasteiger partial charge is 0.276 e. The SMILES string of the molecule is Cc1ccc(S(=O)(=O)NN=Cc2ccc(Br)c(C)c2)cc1. The van der Waals surface area contributed by atoms with Crippen molar-refractivity contribution in [3.8, 4) is 0 Å². The summed E-state index contributed by atoms with van der Waals surface area (Å²) in [5.41, 5.74) is 2.88. The molecule has 0 amide bonds. The molecule has 110 valence electrons. The van der Waals surface area contributed by atoms with Gasteiger partial charge in [0.25, 0.3) is 10.0 Å². The van der Waals surface area contributed by atoms with Crippen LogP contribution in [0.1, 0.15) is 16.7 Å². The van der Waals surface area contributed by atoms with E-state index in [0.29, 0.717) is 0 Å². The minimum atomic E-state index is -3.62. The molecule has 2 aromatic carbocycles. The van der Waals surface area contributed by atoms with Crippen LogP contribution in [0.2, 0.25) is 0 Å². The van der Waals surface area contributed by atoms with Crippen LogP contribution in [0.3, 0.4) is 0 Å². The lowest BCUT2D eigenvalue weighted by Crippen LogP contribution is -2.18. The highest BCUT2D eigenvalue weighted by molar-refractivity contribution is 9.10. The van der Waals surface area contributed by atoms with Crippen LogP contribution >= 0.6 is 15.9 Å². The lowest BCUT2D eigenvalue weighted by molar-refractivity contribution is 0.584. The lowest BCUT2D eigenvalue weighted by Gasteiger charge is -2.04. The molecule has 1 N–H and O–H groups in total. The van der Waals surface area contributed by atoms with Crippen LogP contribution < -0.4 is 4.83 Å². The molecule has 6 heteroatoms. The van der Waals surface area contributed by atoms with E-state index < -0.39 is 10.0 Å². The predicted octanol–water partition coefficient (Wildman–Crippen LogP) is 3.38. The van der Waals surface area contributed by atoms with E-state index in [2.05, 4.69) is 25.9 Å². The third-order valence-electron chi connectivity index (χ3n) is 2.90.